The maximum absolute atomic E-state index is 12.0. The van der Waals surface area contributed by atoms with Crippen molar-refractivity contribution in [2.75, 3.05) is 0 Å². The number of tetrazole rings is 1. The number of carbonyl (C=O) groups is 1. The summed E-state index contributed by atoms with van der Waals surface area (Å²) in [5.41, 5.74) is 0.398. The largest absolute Gasteiger partial charge is 0.281 e. The Morgan fingerprint density at radius 2 is 1.82 bits per heavy atom. The number of alkyl halides is 3. The Balaban J connectivity index is 2.43. The van der Waals surface area contributed by atoms with Gasteiger partial charge in [0.1, 0.15) is 0 Å². The standard InChI is InChI=1S/C9H5Cl3N4O/c10-9(11,12)8-13-14-15-16(8)7(17)6-4-2-1-3-5-6/h1-5H. The highest BCUT2D eigenvalue weighted by molar-refractivity contribution is 6.66. The van der Waals surface area contributed by atoms with Crippen molar-refractivity contribution in [2.45, 2.75) is 3.79 Å². The van der Waals surface area contributed by atoms with Crippen molar-refractivity contribution in [3.63, 3.8) is 0 Å². The Morgan fingerprint density at radius 1 is 1.18 bits per heavy atom. The number of aromatic nitrogens is 4. The van der Waals surface area contributed by atoms with E-state index < -0.39 is 9.70 Å². The molecule has 0 N–H and O–H groups in total. The first-order valence-electron chi connectivity index (χ1n) is 4.45. The van der Waals surface area contributed by atoms with Crippen LogP contribution in [-0.4, -0.2) is 26.1 Å². The number of benzene rings is 1. The molecular weight excluding hydrogens is 286 g/mol. The van der Waals surface area contributed by atoms with Gasteiger partial charge in [-0.1, -0.05) is 53.0 Å². The summed E-state index contributed by atoms with van der Waals surface area (Å²) in [7, 11) is 0. The molecular formula is C9H5Cl3N4O. The van der Waals surface area contributed by atoms with Crippen molar-refractivity contribution in [1.82, 2.24) is 20.2 Å². The molecule has 8 heteroatoms. The minimum Gasteiger partial charge on any atom is -0.267 e. The molecule has 0 saturated carbocycles. The summed E-state index contributed by atoms with van der Waals surface area (Å²) in [6.07, 6.45) is 0. The van der Waals surface area contributed by atoms with E-state index in [9.17, 15) is 4.79 Å². The van der Waals surface area contributed by atoms with Gasteiger partial charge in [-0.3, -0.25) is 4.79 Å². The molecule has 17 heavy (non-hydrogen) atoms. The normalized spacial score (nSPS) is 11.5. The molecule has 88 valence electrons. The van der Waals surface area contributed by atoms with Gasteiger partial charge in [0.2, 0.25) is 5.82 Å². The molecule has 1 aromatic carbocycles. The monoisotopic (exact) mass is 290 g/mol. The molecule has 0 unspecified atom stereocenters. The molecule has 2 aromatic rings. The summed E-state index contributed by atoms with van der Waals surface area (Å²) in [5, 5.41) is 10.4. The predicted molar refractivity (Wildman–Crippen MR) is 63.2 cm³/mol. The Bertz CT molecular complexity index is 535. The fourth-order valence-corrected chi connectivity index (χ4v) is 1.56. The van der Waals surface area contributed by atoms with Gasteiger partial charge in [0.15, 0.2) is 0 Å². The molecule has 0 amide bonds. The second-order valence-corrected chi connectivity index (χ2v) is 5.36. The van der Waals surface area contributed by atoms with Crippen LogP contribution in [0.15, 0.2) is 30.3 Å². The molecule has 0 atom stereocenters. The van der Waals surface area contributed by atoms with Gasteiger partial charge in [-0.2, -0.15) is 4.68 Å². The van der Waals surface area contributed by atoms with E-state index in [1.807, 2.05) is 0 Å². The Hall–Kier alpha value is -1.17. The smallest absolute Gasteiger partial charge is 0.267 e. The van der Waals surface area contributed by atoms with Crippen LogP contribution < -0.4 is 0 Å². The van der Waals surface area contributed by atoms with E-state index in [0.717, 1.165) is 4.68 Å². The number of rotatable bonds is 1. The van der Waals surface area contributed by atoms with Crippen LogP contribution in [0, 0.1) is 0 Å². The average Bonchev–Trinajstić information content (AvgIpc) is 2.78. The van der Waals surface area contributed by atoms with Crippen LogP contribution in [0.4, 0.5) is 0 Å². The zero-order valence-electron chi connectivity index (χ0n) is 8.22. The first-order chi connectivity index (χ1) is 8.00. The van der Waals surface area contributed by atoms with Crippen LogP contribution in [-0.2, 0) is 3.79 Å². The van der Waals surface area contributed by atoms with Crippen molar-refractivity contribution in [2.24, 2.45) is 0 Å². The van der Waals surface area contributed by atoms with Gasteiger partial charge in [-0.15, -0.1) is 5.10 Å². The highest BCUT2D eigenvalue weighted by atomic mass is 35.6. The Labute approximate surface area is 111 Å². The van der Waals surface area contributed by atoms with Crippen LogP contribution in [0.25, 0.3) is 0 Å². The lowest BCUT2D eigenvalue weighted by Crippen LogP contribution is -2.21. The third-order valence-corrected chi connectivity index (χ3v) is 2.44. The van der Waals surface area contributed by atoms with E-state index in [1.54, 1.807) is 30.3 Å². The number of hydrogen-bond donors (Lipinski definition) is 0. The molecule has 0 bridgehead atoms. The van der Waals surface area contributed by atoms with E-state index in [4.69, 9.17) is 34.8 Å². The quantitative estimate of drug-likeness (QED) is 0.597. The van der Waals surface area contributed by atoms with Crippen molar-refractivity contribution >= 4 is 40.7 Å². The summed E-state index contributed by atoms with van der Waals surface area (Å²) >= 11 is 17.0. The molecule has 0 aliphatic carbocycles. The topological polar surface area (TPSA) is 60.7 Å². The van der Waals surface area contributed by atoms with Gasteiger partial charge in [-0.05, 0) is 22.6 Å². The summed E-state index contributed by atoms with van der Waals surface area (Å²) in [6.45, 7) is 0. The van der Waals surface area contributed by atoms with E-state index >= 15 is 0 Å². The van der Waals surface area contributed by atoms with Gasteiger partial charge >= 0.3 is 0 Å². The lowest BCUT2D eigenvalue weighted by Gasteiger charge is -2.09. The molecule has 0 aliphatic heterocycles. The second kappa shape index (κ2) is 4.60. The highest BCUT2D eigenvalue weighted by Crippen LogP contribution is 2.36. The van der Waals surface area contributed by atoms with Crippen molar-refractivity contribution < 1.29 is 4.79 Å². The molecule has 2 rings (SSSR count). The molecule has 0 spiro atoms. The predicted octanol–water partition coefficient (Wildman–Crippen LogP) is 2.19. The lowest BCUT2D eigenvalue weighted by molar-refractivity contribution is 0.0939. The number of halogens is 3. The molecule has 0 saturated heterocycles. The van der Waals surface area contributed by atoms with E-state index in [-0.39, 0.29) is 5.82 Å². The maximum Gasteiger partial charge on any atom is 0.281 e. The van der Waals surface area contributed by atoms with Gasteiger partial charge in [0.05, 0.1) is 0 Å². The van der Waals surface area contributed by atoms with Gasteiger partial charge in [-0.25, -0.2) is 0 Å². The van der Waals surface area contributed by atoms with Gasteiger partial charge in [0, 0.05) is 5.56 Å². The summed E-state index contributed by atoms with van der Waals surface area (Å²) in [6, 6.07) is 8.45. The Kier molecular flexibility index (Phi) is 3.33. The first-order valence-corrected chi connectivity index (χ1v) is 5.59. The van der Waals surface area contributed by atoms with E-state index in [0.29, 0.717) is 5.56 Å². The zero-order chi connectivity index (χ0) is 12.5. The van der Waals surface area contributed by atoms with Crippen LogP contribution in [0.3, 0.4) is 0 Å². The average molecular weight is 292 g/mol. The third-order valence-electron chi connectivity index (χ3n) is 1.94. The maximum atomic E-state index is 12.0. The molecule has 5 nitrogen and oxygen atoms in total. The summed E-state index contributed by atoms with van der Waals surface area (Å²) in [5.74, 6) is -0.603. The summed E-state index contributed by atoms with van der Waals surface area (Å²) < 4.78 is -0.990. The van der Waals surface area contributed by atoms with E-state index in [1.165, 1.54) is 0 Å². The fraction of sp³-hybridized carbons (Fsp3) is 0.111. The van der Waals surface area contributed by atoms with E-state index in [2.05, 4.69) is 15.5 Å². The van der Waals surface area contributed by atoms with Crippen LogP contribution in [0.5, 0.6) is 0 Å². The number of nitrogens with zero attached hydrogens (tertiary/aromatic N) is 4. The third kappa shape index (κ3) is 2.57. The highest BCUT2D eigenvalue weighted by Gasteiger charge is 2.32. The molecule has 1 heterocycles. The minimum atomic E-state index is -1.85. The SMILES string of the molecule is O=C(c1ccccc1)n1nnnc1C(Cl)(Cl)Cl. The van der Waals surface area contributed by atoms with Crippen LogP contribution in [0.2, 0.25) is 0 Å². The Morgan fingerprint density at radius 3 is 2.41 bits per heavy atom. The summed E-state index contributed by atoms with van der Waals surface area (Å²) in [4.78, 5) is 12.0. The minimum absolute atomic E-state index is 0.142. The molecule has 0 fully saturated rings. The number of carbonyl (C=O) groups excluding carboxylic acids is 1. The first kappa shape index (κ1) is 12.3. The lowest BCUT2D eigenvalue weighted by atomic mass is 10.2. The van der Waals surface area contributed by atoms with Crippen LogP contribution in [0.1, 0.15) is 16.2 Å². The van der Waals surface area contributed by atoms with Crippen LogP contribution >= 0.6 is 34.8 Å². The van der Waals surface area contributed by atoms with Gasteiger partial charge in [0.25, 0.3) is 9.70 Å². The number of hydrogen-bond acceptors (Lipinski definition) is 4. The second-order valence-electron chi connectivity index (χ2n) is 3.08. The van der Waals surface area contributed by atoms with Crippen molar-refractivity contribution in [3.8, 4) is 0 Å². The zero-order valence-corrected chi connectivity index (χ0v) is 10.5. The molecule has 1 aromatic heterocycles. The van der Waals surface area contributed by atoms with Crippen molar-refractivity contribution in [1.29, 1.82) is 0 Å². The molecule has 0 aliphatic rings. The van der Waals surface area contributed by atoms with Gasteiger partial charge < -0.3 is 0 Å². The molecule has 0 radical (unpaired) electrons. The van der Waals surface area contributed by atoms with Crippen molar-refractivity contribution in [3.05, 3.63) is 41.7 Å². The fourth-order valence-electron chi connectivity index (χ4n) is 1.20.